The molecule has 138 valence electrons. The average Bonchev–Trinajstić information content (AvgIpc) is 3.33. The monoisotopic (exact) mass is 355 g/mol. The van der Waals surface area contributed by atoms with Gasteiger partial charge in [0.2, 0.25) is 5.88 Å². The van der Waals surface area contributed by atoms with Crippen molar-refractivity contribution in [1.82, 2.24) is 20.1 Å². The fourth-order valence-electron chi connectivity index (χ4n) is 4.00. The molecule has 3 heterocycles. The fraction of sp³-hybridized carbons (Fsp3) is 0.526. The van der Waals surface area contributed by atoms with Gasteiger partial charge in [0.1, 0.15) is 5.82 Å². The molecule has 2 amide bonds. The Bertz CT molecular complexity index is 755. The Morgan fingerprint density at radius 3 is 2.81 bits per heavy atom. The number of carbonyl (C=O) groups excluding carboxylic acids is 1. The molecule has 0 bridgehead atoms. The number of anilines is 1. The lowest BCUT2D eigenvalue weighted by molar-refractivity contribution is 0.202. The SMILES string of the molecule is COc1nc(N2CCN(CC3CCCCC3)C2=O)ccc1-c1cn[nH]c1. The van der Waals surface area contributed by atoms with Gasteiger partial charge >= 0.3 is 6.03 Å². The molecule has 0 unspecified atom stereocenters. The number of hydrogen-bond acceptors (Lipinski definition) is 4. The van der Waals surface area contributed by atoms with Gasteiger partial charge in [0.25, 0.3) is 0 Å². The molecule has 2 aromatic rings. The first-order valence-electron chi connectivity index (χ1n) is 9.37. The lowest BCUT2D eigenvalue weighted by Crippen LogP contribution is -2.35. The standard InChI is InChI=1S/C19H25N5O2/c1-26-18-16(15-11-20-21-12-15)7-8-17(22-18)24-10-9-23(19(24)25)13-14-5-3-2-4-6-14/h7-8,11-12,14H,2-6,9-10,13H2,1H3,(H,20,21). The van der Waals surface area contributed by atoms with Crippen molar-refractivity contribution in [2.75, 3.05) is 31.6 Å². The fourth-order valence-corrected chi connectivity index (χ4v) is 4.00. The van der Waals surface area contributed by atoms with Gasteiger partial charge in [-0.15, -0.1) is 0 Å². The summed E-state index contributed by atoms with van der Waals surface area (Å²) in [5.41, 5.74) is 1.77. The van der Waals surface area contributed by atoms with Crippen molar-refractivity contribution in [3.8, 4) is 17.0 Å². The minimum absolute atomic E-state index is 0.0567. The highest BCUT2D eigenvalue weighted by Gasteiger charge is 2.32. The first kappa shape index (κ1) is 16.9. The summed E-state index contributed by atoms with van der Waals surface area (Å²) in [6.45, 7) is 2.31. The molecule has 1 saturated carbocycles. The first-order valence-corrected chi connectivity index (χ1v) is 9.37. The lowest BCUT2D eigenvalue weighted by atomic mass is 9.89. The van der Waals surface area contributed by atoms with Crippen LogP contribution in [-0.2, 0) is 0 Å². The number of amides is 2. The van der Waals surface area contributed by atoms with Gasteiger partial charge in [-0.2, -0.15) is 10.1 Å². The molecule has 26 heavy (non-hydrogen) atoms. The molecular formula is C19H25N5O2. The summed E-state index contributed by atoms with van der Waals surface area (Å²) >= 11 is 0. The van der Waals surface area contributed by atoms with Crippen LogP contribution in [0.1, 0.15) is 32.1 Å². The van der Waals surface area contributed by atoms with Crippen LogP contribution in [0, 0.1) is 5.92 Å². The highest BCUT2D eigenvalue weighted by Crippen LogP contribution is 2.31. The molecule has 0 atom stereocenters. The van der Waals surface area contributed by atoms with Gasteiger partial charge in [-0.25, -0.2) is 4.79 Å². The van der Waals surface area contributed by atoms with E-state index in [1.165, 1.54) is 32.1 Å². The average molecular weight is 355 g/mol. The zero-order chi connectivity index (χ0) is 17.9. The van der Waals surface area contributed by atoms with Crippen LogP contribution in [0.2, 0.25) is 0 Å². The molecule has 1 saturated heterocycles. The number of methoxy groups -OCH3 is 1. The number of pyridine rings is 1. The van der Waals surface area contributed by atoms with Crippen molar-refractivity contribution in [1.29, 1.82) is 0 Å². The van der Waals surface area contributed by atoms with Gasteiger partial charge in [0, 0.05) is 37.0 Å². The predicted molar refractivity (Wildman–Crippen MR) is 99.3 cm³/mol. The summed E-state index contributed by atoms with van der Waals surface area (Å²) < 4.78 is 5.45. The first-order chi connectivity index (χ1) is 12.8. The molecular weight excluding hydrogens is 330 g/mol. The molecule has 1 aliphatic carbocycles. The van der Waals surface area contributed by atoms with Gasteiger partial charge < -0.3 is 9.64 Å². The van der Waals surface area contributed by atoms with E-state index in [2.05, 4.69) is 15.2 Å². The number of hydrogen-bond donors (Lipinski definition) is 1. The second kappa shape index (κ2) is 7.35. The molecule has 2 aliphatic rings. The number of nitrogens with one attached hydrogen (secondary N) is 1. The van der Waals surface area contributed by atoms with Gasteiger partial charge in [0.15, 0.2) is 0 Å². The van der Waals surface area contributed by atoms with Crippen LogP contribution >= 0.6 is 0 Å². The molecule has 2 aromatic heterocycles. The van der Waals surface area contributed by atoms with E-state index in [0.29, 0.717) is 24.2 Å². The van der Waals surface area contributed by atoms with Crippen molar-refractivity contribution in [3.63, 3.8) is 0 Å². The van der Waals surface area contributed by atoms with E-state index in [0.717, 1.165) is 24.2 Å². The third-order valence-electron chi connectivity index (χ3n) is 5.42. The Labute approximate surface area is 153 Å². The third kappa shape index (κ3) is 3.25. The molecule has 0 aromatic carbocycles. The van der Waals surface area contributed by atoms with Gasteiger partial charge in [0.05, 0.1) is 13.3 Å². The van der Waals surface area contributed by atoms with E-state index >= 15 is 0 Å². The molecule has 0 spiro atoms. The normalized spacial score (nSPS) is 18.6. The zero-order valence-electron chi connectivity index (χ0n) is 15.1. The summed E-state index contributed by atoms with van der Waals surface area (Å²) in [5, 5.41) is 6.77. The molecule has 1 aliphatic heterocycles. The number of urea groups is 1. The predicted octanol–water partition coefficient (Wildman–Crippen LogP) is 3.30. The summed E-state index contributed by atoms with van der Waals surface area (Å²) in [6.07, 6.45) is 9.95. The van der Waals surface area contributed by atoms with Crippen molar-refractivity contribution in [2.45, 2.75) is 32.1 Å². The van der Waals surface area contributed by atoms with E-state index < -0.39 is 0 Å². The topological polar surface area (TPSA) is 74.3 Å². The highest BCUT2D eigenvalue weighted by atomic mass is 16.5. The van der Waals surface area contributed by atoms with E-state index in [9.17, 15) is 4.79 Å². The van der Waals surface area contributed by atoms with Crippen LogP contribution in [0.5, 0.6) is 5.88 Å². The van der Waals surface area contributed by atoms with Gasteiger partial charge in [-0.3, -0.25) is 10.00 Å². The van der Waals surface area contributed by atoms with Crippen molar-refractivity contribution < 1.29 is 9.53 Å². The summed E-state index contributed by atoms with van der Waals surface area (Å²) in [5.74, 6) is 1.80. The summed E-state index contributed by atoms with van der Waals surface area (Å²) in [7, 11) is 1.59. The maximum atomic E-state index is 12.8. The van der Waals surface area contributed by atoms with Crippen LogP contribution in [0.3, 0.4) is 0 Å². The number of nitrogens with zero attached hydrogens (tertiary/aromatic N) is 4. The zero-order valence-corrected chi connectivity index (χ0v) is 15.1. The van der Waals surface area contributed by atoms with E-state index in [4.69, 9.17) is 4.74 Å². The Morgan fingerprint density at radius 1 is 1.23 bits per heavy atom. The Kier molecular flexibility index (Phi) is 4.77. The molecule has 0 radical (unpaired) electrons. The number of aromatic amines is 1. The van der Waals surface area contributed by atoms with Crippen LogP contribution in [-0.4, -0.2) is 52.9 Å². The Morgan fingerprint density at radius 2 is 2.08 bits per heavy atom. The molecule has 7 nitrogen and oxygen atoms in total. The number of rotatable bonds is 5. The number of ether oxygens (including phenoxy) is 1. The Balaban J connectivity index is 1.50. The minimum atomic E-state index is 0.0567. The quantitative estimate of drug-likeness (QED) is 0.893. The van der Waals surface area contributed by atoms with Crippen LogP contribution in [0.25, 0.3) is 11.1 Å². The molecule has 1 N–H and O–H groups in total. The Hall–Kier alpha value is -2.57. The molecule has 2 fully saturated rings. The summed E-state index contributed by atoms with van der Waals surface area (Å²) in [6, 6.07) is 3.87. The molecule has 4 rings (SSSR count). The van der Waals surface area contributed by atoms with E-state index in [1.807, 2.05) is 17.0 Å². The number of aromatic nitrogens is 3. The summed E-state index contributed by atoms with van der Waals surface area (Å²) in [4.78, 5) is 21.2. The maximum Gasteiger partial charge on any atom is 0.325 e. The van der Waals surface area contributed by atoms with E-state index in [-0.39, 0.29) is 6.03 Å². The number of H-pyrrole nitrogens is 1. The van der Waals surface area contributed by atoms with E-state index in [1.54, 1.807) is 24.4 Å². The minimum Gasteiger partial charge on any atom is -0.480 e. The van der Waals surface area contributed by atoms with Gasteiger partial charge in [-0.1, -0.05) is 19.3 Å². The van der Waals surface area contributed by atoms with Crippen molar-refractivity contribution in [2.24, 2.45) is 5.92 Å². The maximum absolute atomic E-state index is 12.8. The third-order valence-corrected chi connectivity index (χ3v) is 5.42. The lowest BCUT2D eigenvalue weighted by Gasteiger charge is -2.26. The molecule has 7 heteroatoms. The number of carbonyl (C=O) groups is 1. The van der Waals surface area contributed by atoms with Crippen LogP contribution in [0.4, 0.5) is 10.6 Å². The second-order valence-electron chi connectivity index (χ2n) is 7.10. The smallest absolute Gasteiger partial charge is 0.325 e. The van der Waals surface area contributed by atoms with Crippen molar-refractivity contribution in [3.05, 3.63) is 24.5 Å². The second-order valence-corrected chi connectivity index (χ2v) is 7.10. The van der Waals surface area contributed by atoms with Crippen LogP contribution < -0.4 is 9.64 Å². The highest BCUT2D eigenvalue weighted by molar-refractivity contribution is 5.93. The van der Waals surface area contributed by atoms with Gasteiger partial charge in [-0.05, 0) is 30.9 Å². The van der Waals surface area contributed by atoms with Crippen LogP contribution in [0.15, 0.2) is 24.5 Å². The largest absolute Gasteiger partial charge is 0.480 e. The van der Waals surface area contributed by atoms with Crippen molar-refractivity contribution >= 4 is 11.8 Å².